The van der Waals surface area contributed by atoms with Crippen LogP contribution in [0.3, 0.4) is 0 Å². The van der Waals surface area contributed by atoms with Gasteiger partial charge in [0.15, 0.2) is 0 Å². The Morgan fingerprint density at radius 2 is 2.11 bits per heavy atom. The first-order chi connectivity index (χ1) is 8.66. The van der Waals surface area contributed by atoms with E-state index >= 15 is 0 Å². The molecule has 5 heteroatoms. The maximum absolute atomic E-state index is 10.9. The highest BCUT2D eigenvalue weighted by Gasteiger charge is 2.15. The number of nitro benzene ring substituents is 1. The van der Waals surface area contributed by atoms with Crippen LogP contribution in [0.5, 0.6) is 0 Å². The molecule has 0 aliphatic rings. The summed E-state index contributed by atoms with van der Waals surface area (Å²) in [4.78, 5) is 10.5. The SMILES string of the molecule is CCCCCCNCc1c(Cl)cccc1[N+](=O)[O-]. The minimum atomic E-state index is -0.389. The third-order valence-corrected chi connectivity index (χ3v) is 3.15. The number of nitrogens with zero attached hydrogens (tertiary/aromatic N) is 1. The number of benzene rings is 1. The van der Waals surface area contributed by atoms with E-state index in [1.54, 1.807) is 12.1 Å². The van der Waals surface area contributed by atoms with Crippen LogP contribution in [0.2, 0.25) is 5.02 Å². The van der Waals surface area contributed by atoms with Gasteiger partial charge in [0.25, 0.3) is 5.69 Å². The Labute approximate surface area is 112 Å². The molecule has 1 rings (SSSR count). The van der Waals surface area contributed by atoms with Gasteiger partial charge in [0.05, 0.1) is 15.5 Å². The summed E-state index contributed by atoms with van der Waals surface area (Å²) in [5.74, 6) is 0. The first-order valence-corrected chi connectivity index (χ1v) is 6.67. The van der Waals surface area contributed by atoms with Crippen LogP contribution in [0, 0.1) is 10.1 Å². The highest BCUT2D eigenvalue weighted by Crippen LogP contribution is 2.25. The van der Waals surface area contributed by atoms with Gasteiger partial charge in [-0.2, -0.15) is 0 Å². The van der Waals surface area contributed by atoms with E-state index in [2.05, 4.69) is 12.2 Å². The number of nitrogens with one attached hydrogen (secondary N) is 1. The summed E-state index contributed by atoms with van der Waals surface area (Å²) in [6.07, 6.45) is 4.71. The molecular formula is C13H19ClN2O2. The average Bonchev–Trinajstić information content (AvgIpc) is 2.34. The predicted octanol–water partition coefficient (Wildman–Crippen LogP) is 3.92. The molecule has 0 unspecified atom stereocenters. The standard InChI is InChI=1S/C13H19ClN2O2/c1-2-3-4-5-9-15-10-11-12(14)7-6-8-13(11)16(17)18/h6-8,15H,2-5,9-10H2,1H3. The first kappa shape index (κ1) is 14.9. The summed E-state index contributed by atoms with van der Waals surface area (Å²) in [6, 6.07) is 4.77. The topological polar surface area (TPSA) is 55.2 Å². The number of nitro groups is 1. The van der Waals surface area contributed by atoms with Crippen molar-refractivity contribution >= 4 is 17.3 Å². The van der Waals surface area contributed by atoms with Crippen molar-refractivity contribution in [2.75, 3.05) is 6.54 Å². The number of unbranched alkanes of at least 4 members (excludes halogenated alkanes) is 3. The van der Waals surface area contributed by atoms with E-state index in [9.17, 15) is 10.1 Å². The van der Waals surface area contributed by atoms with Crippen LogP contribution in [0.1, 0.15) is 38.2 Å². The van der Waals surface area contributed by atoms with E-state index < -0.39 is 0 Å². The highest BCUT2D eigenvalue weighted by molar-refractivity contribution is 6.31. The van der Waals surface area contributed by atoms with E-state index in [1.165, 1.54) is 25.3 Å². The molecule has 0 aliphatic carbocycles. The Kier molecular flexibility index (Phi) is 6.68. The molecule has 1 aromatic rings. The molecule has 100 valence electrons. The molecule has 0 bridgehead atoms. The summed E-state index contributed by atoms with van der Waals surface area (Å²) >= 11 is 5.99. The number of hydrogen-bond donors (Lipinski definition) is 1. The molecule has 4 nitrogen and oxygen atoms in total. The van der Waals surface area contributed by atoms with Crippen molar-refractivity contribution < 1.29 is 4.92 Å². The van der Waals surface area contributed by atoms with Crippen molar-refractivity contribution in [3.05, 3.63) is 38.9 Å². The van der Waals surface area contributed by atoms with Crippen LogP contribution in [0.15, 0.2) is 18.2 Å². The van der Waals surface area contributed by atoms with Crippen LogP contribution in [0.25, 0.3) is 0 Å². The van der Waals surface area contributed by atoms with Gasteiger partial charge in [0.1, 0.15) is 0 Å². The molecular weight excluding hydrogens is 252 g/mol. The Bertz CT molecular complexity index is 397. The minimum absolute atomic E-state index is 0.0866. The summed E-state index contributed by atoms with van der Waals surface area (Å²) in [5, 5.41) is 14.5. The van der Waals surface area contributed by atoms with E-state index in [0.29, 0.717) is 17.1 Å². The van der Waals surface area contributed by atoms with Gasteiger partial charge >= 0.3 is 0 Å². The van der Waals surface area contributed by atoms with Gasteiger partial charge in [0.2, 0.25) is 0 Å². The minimum Gasteiger partial charge on any atom is -0.312 e. The molecule has 0 heterocycles. The maximum atomic E-state index is 10.9. The monoisotopic (exact) mass is 270 g/mol. The Hall–Kier alpha value is -1.13. The third kappa shape index (κ3) is 4.63. The Morgan fingerprint density at radius 1 is 1.33 bits per heavy atom. The van der Waals surface area contributed by atoms with Crippen molar-refractivity contribution in [1.82, 2.24) is 5.32 Å². The quantitative estimate of drug-likeness (QED) is 0.442. The summed E-state index contributed by atoms with van der Waals surface area (Å²) < 4.78 is 0. The van der Waals surface area contributed by atoms with Gasteiger partial charge in [0, 0.05) is 12.6 Å². The fourth-order valence-corrected chi connectivity index (χ4v) is 2.02. The average molecular weight is 271 g/mol. The number of halogens is 1. The molecule has 0 spiro atoms. The van der Waals surface area contributed by atoms with Gasteiger partial charge in [-0.05, 0) is 19.0 Å². The van der Waals surface area contributed by atoms with Crippen molar-refractivity contribution in [1.29, 1.82) is 0 Å². The zero-order valence-corrected chi connectivity index (χ0v) is 11.4. The fourth-order valence-electron chi connectivity index (χ4n) is 1.78. The molecule has 0 fully saturated rings. The molecule has 0 saturated carbocycles. The Morgan fingerprint density at radius 3 is 2.78 bits per heavy atom. The largest absolute Gasteiger partial charge is 0.312 e. The van der Waals surface area contributed by atoms with E-state index in [-0.39, 0.29) is 10.6 Å². The van der Waals surface area contributed by atoms with Gasteiger partial charge in [-0.1, -0.05) is 43.9 Å². The van der Waals surface area contributed by atoms with Crippen molar-refractivity contribution in [2.45, 2.75) is 39.2 Å². The van der Waals surface area contributed by atoms with Crippen molar-refractivity contribution in [2.24, 2.45) is 0 Å². The molecule has 0 atom stereocenters. The van der Waals surface area contributed by atoms with Gasteiger partial charge in [-0.25, -0.2) is 0 Å². The number of hydrogen-bond acceptors (Lipinski definition) is 3. The second kappa shape index (κ2) is 8.06. The molecule has 1 aromatic carbocycles. The lowest BCUT2D eigenvalue weighted by Gasteiger charge is -2.07. The van der Waals surface area contributed by atoms with Crippen LogP contribution in [-0.4, -0.2) is 11.5 Å². The van der Waals surface area contributed by atoms with Crippen LogP contribution in [-0.2, 0) is 6.54 Å². The van der Waals surface area contributed by atoms with E-state index in [4.69, 9.17) is 11.6 Å². The molecule has 0 saturated heterocycles. The normalized spacial score (nSPS) is 10.6. The third-order valence-electron chi connectivity index (χ3n) is 2.80. The molecule has 1 N–H and O–H groups in total. The van der Waals surface area contributed by atoms with Crippen molar-refractivity contribution in [3.63, 3.8) is 0 Å². The summed E-state index contributed by atoms with van der Waals surface area (Å²) in [6.45, 7) is 3.48. The smallest absolute Gasteiger partial charge is 0.275 e. The lowest BCUT2D eigenvalue weighted by molar-refractivity contribution is -0.385. The zero-order chi connectivity index (χ0) is 13.4. The summed E-state index contributed by atoms with van der Waals surface area (Å²) in [5.41, 5.74) is 0.656. The Balaban J connectivity index is 2.48. The number of rotatable bonds is 8. The van der Waals surface area contributed by atoms with E-state index in [0.717, 1.165) is 13.0 Å². The second-order valence-electron chi connectivity index (χ2n) is 4.23. The maximum Gasteiger partial charge on any atom is 0.275 e. The molecule has 0 radical (unpaired) electrons. The van der Waals surface area contributed by atoms with Crippen LogP contribution >= 0.6 is 11.6 Å². The summed E-state index contributed by atoms with van der Waals surface area (Å²) in [7, 11) is 0. The van der Waals surface area contributed by atoms with Crippen LogP contribution in [0.4, 0.5) is 5.69 Å². The van der Waals surface area contributed by atoms with Crippen LogP contribution < -0.4 is 5.32 Å². The molecule has 0 aromatic heterocycles. The van der Waals surface area contributed by atoms with E-state index in [1.807, 2.05) is 0 Å². The van der Waals surface area contributed by atoms with Gasteiger partial charge < -0.3 is 5.32 Å². The lowest BCUT2D eigenvalue weighted by Crippen LogP contribution is -2.16. The highest BCUT2D eigenvalue weighted by atomic mass is 35.5. The molecule has 0 amide bonds. The van der Waals surface area contributed by atoms with Crippen molar-refractivity contribution in [3.8, 4) is 0 Å². The van der Waals surface area contributed by atoms with Gasteiger partial charge in [-0.15, -0.1) is 0 Å². The molecule has 0 aliphatic heterocycles. The second-order valence-corrected chi connectivity index (χ2v) is 4.64. The lowest BCUT2D eigenvalue weighted by atomic mass is 10.1. The van der Waals surface area contributed by atoms with Gasteiger partial charge in [-0.3, -0.25) is 10.1 Å². The first-order valence-electron chi connectivity index (χ1n) is 6.29. The molecule has 18 heavy (non-hydrogen) atoms. The zero-order valence-electron chi connectivity index (χ0n) is 10.6. The fraction of sp³-hybridized carbons (Fsp3) is 0.538. The predicted molar refractivity (Wildman–Crippen MR) is 74.0 cm³/mol.